The van der Waals surface area contributed by atoms with Crippen molar-refractivity contribution in [1.82, 2.24) is 49.4 Å². The van der Waals surface area contributed by atoms with Crippen molar-refractivity contribution in [2.45, 2.75) is 13.1 Å². The summed E-state index contributed by atoms with van der Waals surface area (Å²) in [5.41, 5.74) is 7.44. The van der Waals surface area contributed by atoms with Crippen LogP contribution in [0.5, 0.6) is 0 Å². The van der Waals surface area contributed by atoms with Crippen LogP contribution in [-0.4, -0.2) is 63.5 Å². The second kappa shape index (κ2) is 15.4. The van der Waals surface area contributed by atoms with Crippen LogP contribution in [0.2, 0.25) is 0 Å². The Balaban J connectivity index is 0.000000160. The molecule has 0 aliphatic rings. The Morgan fingerprint density at radius 3 is 1.59 bits per heavy atom. The summed E-state index contributed by atoms with van der Waals surface area (Å²) < 4.78 is 5.27. The van der Waals surface area contributed by atoms with E-state index in [-0.39, 0.29) is 0 Å². The first-order valence-corrected chi connectivity index (χ1v) is 17.4. The highest BCUT2D eigenvalue weighted by Gasteiger charge is 2.13. The number of anilines is 3. The SMILES string of the molecule is Brc1cnn2c(NCc3ccnnc3)cc(-c3ccccc3)nc12.CN(C)c1ncc(CNc2cc(-c3ccccc3)nc3c(Br)cnn23)cn1. The van der Waals surface area contributed by atoms with E-state index in [9.17, 15) is 0 Å². The lowest BCUT2D eigenvalue weighted by molar-refractivity contribution is 0.918. The van der Waals surface area contributed by atoms with Gasteiger partial charge in [0.2, 0.25) is 5.95 Å². The van der Waals surface area contributed by atoms with E-state index in [1.807, 2.05) is 110 Å². The molecular weight excluding hydrogens is 774 g/mol. The average molecular weight is 806 g/mol. The van der Waals surface area contributed by atoms with Crippen LogP contribution in [0.1, 0.15) is 11.1 Å². The molecule has 0 fully saturated rings. The third-order valence-corrected chi connectivity index (χ3v) is 8.80. The fourth-order valence-corrected chi connectivity index (χ4v) is 5.81. The fourth-order valence-electron chi connectivity index (χ4n) is 5.12. The van der Waals surface area contributed by atoms with Crippen molar-refractivity contribution in [3.63, 3.8) is 0 Å². The molecule has 6 aromatic heterocycles. The van der Waals surface area contributed by atoms with Crippen LogP contribution >= 0.6 is 31.9 Å². The lowest BCUT2D eigenvalue weighted by atomic mass is 10.1. The minimum Gasteiger partial charge on any atom is -0.366 e. The molecule has 6 heterocycles. The third-order valence-electron chi connectivity index (χ3n) is 7.68. The zero-order valence-electron chi connectivity index (χ0n) is 27.6. The van der Waals surface area contributed by atoms with E-state index in [0.717, 1.165) is 65.5 Å². The highest BCUT2D eigenvalue weighted by molar-refractivity contribution is 9.11. The molecule has 0 aliphatic carbocycles. The molecule has 2 aromatic carbocycles. The summed E-state index contributed by atoms with van der Waals surface area (Å²) in [7, 11) is 3.84. The number of aromatic nitrogens is 10. The van der Waals surface area contributed by atoms with Gasteiger partial charge >= 0.3 is 0 Å². The number of halogens is 2. The lowest BCUT2D eigenvalue weighted by Crippen LogP contribution is -2.13. The number of nitrogens with one attached hydrogen (secondary N) is 2. The van der Waals surface area contributed by atoms with Crippen molar-refractivity contribution in [2.75, 3.05) is 29.6 Å². The molecule has 2 N–H and O–H groups in total. The van der Waals surface area contributed by atoms with Gasteiger partial charge in [0.25, 0.3) is 0 Å². The van der Waals surface area contributed by atoms with E-state index in [2.05, 4.69) is 72.9 Å². The van der Waals surface area contributed by atoms with Crippen molar-refractivity contribution in [3.8, 4) is 22.5 Å². The second-order valence-corrected chi connectivity index (χ2v) is 13.2. The predicted molar refractivity (Wildman–Crippen MR) is 205 cm³/mol. The molecule has 0 saturated heterocycles. The Kier molecular flexibility index (Phi) is 10.2. The number of rotatable bonds is 9. The highest BCUT2D eigenvalue weighted by atomic mass is 79.9. The quantitative estimate of drug-likeness (QED) is 0.153. The first kappa shape index (κ1) is 33.7. The molecule has 254 valence electrons. The molecule has 8 rings (SSSR count). The van der Waals surface area contributed by atoms with Gasteiger partial charge in [0.1, 0.15) is 11.6 Å². The van der Waals surface area contributed by atoms with Gasteiger partial charge in [-0.05, 0) is 43.5 Å². The maximum Gasteiger partial charge on any atom is 0.224 e. The van der Waals surface area contributed by atoms with Crippen molar-refractivity contribution in [3.05, 3.63) is 136 Å². The van der Waals surface area contributed by atoms with Gasteiger partial charge < -0.3 is 15.5 Å². The van der Waals surface area contributed by atoms with Crippen LogP contribution < -0.4 is 15.5 Å². The van der Waals surface area contributed by atoms with E-state index in [1.165, 1.54) is 0 Å². The zero-order chi connectivity index (χ0) is 35.2. The van der Waals surface area contributed by atoms with Gasteiger partial charge in [0, 0.05) is 74.6 Å². The summed E-state index contributed by atoms with van der Waals surface area (Å²) in [6, 6.07) is 26.1. The number of fused-ring (bicyclic) bond motifs is 2. The second-order valence-electron chi connectivity index (χ2n) is 11.5. The number of nitrogens with zero attached hydrogens (tertiary/aromatic N) is 11. The minimum absolute atomic E-state index is 0.582. The van der Waals surface area contributed by atoms with Crippen LogP contribution in [0.4, 0.5) is 17.6 Å². The molecule has 8 aromatic rings. The Bertz CT molecular complexity index is 2360. The molecule has 0 spiro atoms. The molecule has 15 heteroatoms. The first-order valence-electron chi connectivity index (χ1n) is 15.8. The van der Waals surface area contributed by atoms with E-state index in [1.54, 1.807) is 33.8 Å². The Labute approximate surface area is 310 Å². The Hall–Kier alpha value is -5.80. The predicted octanol–water partition coefficient (Wildman–Crippen LogP) is 7.19. The van der Waals surface area contributed by atoms with Gasteiger partial charge in [-0.3, -0.25) is 0 Å². The lowest BCUT2D eigenvalue weighted by Gasteiger charge is -2.12. The van der Waals surface area contributed by atoms with Gasteiger partial charge in [0.05, 0.1) is 38.9 Å². The molecular formula is C36H31Br2N13. The van der Waals surface area contributed by atoms with Crippen molar-refractivity contribution in [2.24, 2.45) is 0 Å². The van der Waals surface area contributed by atoms with E-state index >= 15 is 0 Å². The van der Waals surface area contributed by atoms with Crippen molar-refractivity contribution < 1.29 is 0 Å². The van der Waals surface area contributed by atoms with Gasteiger partial charge in [-0.2, -0.15) is 29.4 Å². The fraction of sp³-hybridized carbons (Fsp3) is 0.111. The monoisotopic (exact) mass is 803 g/mol. The summed E-state index contributed by atoms with van der Waals surface area (Å²) >= 11 is 7.04. The number of hydrogen-bond donors (Lipinski definition) is 2. The summed E-state index contributed by atoms with van der Waals surface area (Å²) in [6.07, 6.45) is 10.6. The smallest absolute Gasteiger partial charge is 0.224 e. The number of benzene rings is 2. The zero-order valence-corrected chi connectivity index (χ0v) is 30.7. The van der Waals surface area contributed by atoms with Crippen LogP contribution in [0.3, 0.4) is 0 Å². The van der Waals surface area contributed by atoms with Crippen molar-refractivity contribution >= 4 is 60.7 Å². The highest BCUT2D eigenvalue weighted by Crippen LogP contribution is 2.27. The standard InChI is InChI=1S/C19H18BrN7.C17H13BrN6/c1-26(2)19-22-10-13(11-23-19)9-21-17-8-16(14-6-4-3-5-7-14)25-18-15(20)12-24-27(17)18;18-14-11-22-24-16(19-9-12-6-7-20-21-10-12)8-15(23-17(14)24)13-4-2-1-3-5-13/h3-8,10-12,21H,9H2,1-2H3;1-8,10-11,19H,9H2. The first-order chi connectivity index (χ1) is 24.9. The van der Waals surface area contributed by atoms with Crippen LogP contribution in [0, 0.1) is 0 Å². The molecule has 0 amide bonds. The summed E-state index contributed by atoms with van der Waals surface area (Å²) in [4.78, 5) is 20.0. The van der Waals surface area contributed by atoms with Gasteiger partial charge in [-0.1, -0.05) is 60.7 Å². The topological polar surface area (TPSA) is 139 Å². The molecule has 0 atom stereocenters. The summed E-state index contributed by atoms with van der Waals surface area (Å²) in [5, 5.41) is 23.3. The van der Waals surface area contributed by atoms with Crippen molar-refractivity contribution in [1.29, 1.82) is 0 Å². The maximum atomic E-state index is 4.74. The number of hydrogen-bond acceptors (Lipinski definition) is 11. The maximum absolute atomic E-state index is 4.74. The molecule has 0 saturated carbocycles. The third kappa shape index (κ3) is 7.84. The molecule has 0 unspecified atom stereocenters. The molecule has 13 nitrogen and oxygen atoms in total. The van der Waals surface area contributed by atoms with Gasteiger partial charge in [0.15, 0.2) is 11.3 Å². The molecule has 0 radical (unpaired) electrons. The van der Waals surface area contributed by atoms with E-state index in [4.69, 9.17) is 9.97 Å². The minimum atomic E-state index is 0.582. The molecule has 0 bridgehead atoms. The largest absolute Gasteiger partial charge is 0.366 e. The average Bonchev–Trinajstić information content (AvgIpc) is 3.76. The summed E-state index contributed by atoms with van der Waals surface area (Å²) in [6.45, 7) is 1.21. The van der Waals surface area contributed by atoms with Crippen LogP contribution in [-0.2, 0) is 13.1 Å². The normalized spacial score (nSPS) is 10.9. The van der Waals surface area contributed by atoms with E-state index in [0.29, 0.717) is 19.0 Å². The van der Waals surface area contributed by atoms with Gasteiger partial charge in [-0.25, -0.2) is 19.9 Å². The molecule has 51 heavy (non-hydrogen) atoms. The summed E-state index contributed by atoms with van der Waals surface area (Å²) in [5.74, 6) is 2.40. The van der Waals surface area contributed by atoms with Crippen LogP contribution in [0.25, 0.3) is 33.8 Å². The van der Waals surface area contributed by atoms with E-state index < -0.39 is 0 Å². The Morgan fingerprint density at radius 2 is 1.12 bits per heavy atom. The Morgan fingerprint density at radius 1 is 0.608 bits per heavy atom. The molecule has 0 aliphatic heterocycles. The van der Waals surface area contributed by atoms with Gasteiger partial charge in [-0.15, -0.1) is 0 Å². The van der Waals surface area contributed by atoms with Crippen LogP contribution in [0.15, 0.2) is 125 Å².